The van der Waals surface area contributed by atoms with E-state index in [1.807, 2.05) is 19.2 Å². The number of aliphatic carboxylic acids is 1. The van der Waals surface area contributed by atoms with Crippen LogP contribution in [-0.4, -0.2) is 16.1 Å². The lowest BCUT2D eigenvalue weighted by Gasteiger charge is -2.11. The number of carboxylic acids is 1. The Hall–Kier alpha value is -0.900. The fourth-order valence-corrected chi connectivity index (χ4v) is 2.88. The molecule has 2 rings (SSSR count). The molecule has 1 saturated carbocycles. The predicted molar refractivity (Wildman–Crippen MR) is 49.8 cm³/mol. The van der Waals surface area contributed by atoms with Gasteiger partial charge in [0.05, 0.1) is 0 Å². The van der Waals surface area contributed by atoms with Gasteiger partial charge in [0.15, 0.2) is 0 Å². The fourth-order valence-electron chi connectivity index (χ4n) is 1.87. The van der Waals surface area contributed by atoms with Gasteiger partial charge in [0, 0.05) is 11.6 Å². The number of hydrogen-bond donors (Lipinski definition) is 1. The van der Waals surface area contributed by atoms with Crippen LogP contribution in [0.4, 0.5) is 0 Å². The van der Waals surface area contributed by atoms with E-state index < -0.39 is 11.4 Å². The van der Waals surface area contributed by atoms with Crippen molar-refractivity contribution in [3.8, 4) is 0 Å². The zero-order valence-electron chi connectivity index (χ0n) is 7.57. The van der Waals surface area contributed by atoms with Crippen LogP contribution in [0.3, 0.4) is 0 Å². The molecule has 0 bridgehead atoms. The van der Waals surface area contributed by atoms with E-state index in [-0.39, 0.29) is 5.41 Å². The van der Waals surface area contributed by atoms with E-state index in [0.29, 0.717) is 6.42 Å². The van der Waals surface area contributed by atoms with E-state index in [2.05, 4.69) is 4.98 Å². The van der Waals surface area contributed by atoms with Crippen LogP contribution in [0.5, 0.6) is 0 Å². The molecule has 1 aliphatic carbocycles. The van der Waals surface area contributed by atoms with Gasteiger partial charge in [-0.1, -0.05) is 13.8 Å². The number of carbonyl (C=O) groups is 1. The molecular formula is C9H11NO2S. The Morgan fingerprint density at radius 1 is 1.69 bits per heavy atom. The third-order valence-corrected chi connectivity index (χ3v) is 3.83. The van der Waals surface area contributed by atoms with E-state index in [1.54, 1.807) is 6.20 Å². The second-order valence-electron chi connectivity index (χ2n) is 4.11. The summed E-state index contributed by atoms with van der Waals surface area (Å²) in [6.45, 7) is 3.95. The Balaban J connectivity index is 2.45. The third kappa shape index (κ3) is 0.950. The molecule has 1 N–H and O–H groups in total. The van der Waals surface area contributed by atoms with Crippen LogP contribution in [-0.2, 0) is 10.2 Å². The molecule has 70 valence electrons. The summed E-state index contributed by atoms with van der Waals surface area (Å²) < 4.78 is 0. The SMILES string of the molecule is CC1(C)CC1(C(=O)O)c1nccs1. The van der Waals surface area contributed by atoms with Crippen LogP contribution >= 0.6 is 11.3 Å². The van der Waals surface area contributed by atoms with Crippen molar-refractivity contribution < 1.29 is 9.90 Å². The Morgan fingerprint density at radius 3 is 2.62 bits per heavy atom. The molecule has 1 atom stereocenters. The highest BCUT2D eigenvalue weighted by atomic mass is 32.1. The molecule has 0 spiro atoms. The van der Waals surface area contributed by atoms with Crippen molar-refractivity contribution >= 4 is 17.3 Å². The fraction of sp³-hybridized carbons (Fsp3) is 0.556. The Kier molecular flexibility index (Phi) is 1.55. The van der Waals surface area contributed by atoms with Gasteiger partial charge in [-0.3, -0.25) is 4.79 Å². The molecule has 3 nitrogen and oxygen atoms in total. The van der Waals surface area contributed by atoms with Gasteiger partial charge in [-0.2, -0.15) is 0 Å². The topological polar surface area (TPSA) is 50.2 Å². The molecule has 1 aromatic rings. The quantitative estimate of drug-likeness (QED) is 0.787. The molecule has 1 fully saturated rings. The molecule has 1 aliphatic rings. The molecule has 1 heterocycles. The molecule has 4 heteroatoms. The minimum absolute atomic E-state index is 0.142. The summed E-state index contributed by atoms with van der Waals surface area (Å²) in [5.74, 6) is -0.743. The molecule has 1 aromatic heterocycles. The zero-order valence-corrected chi connectivity index (χ0v) is 8.39. The average molecular weight is 197 g/mol. The maximum Gasteiger partial charge on any atom is 0.317 e. The first-order valence-electron chi connectivity index (χ1n) is 4.14. The van der Waals surface area contributed by atoms with Gasteiger partial charge in [-0.15, -0.1) is 11.3 Å². The van der Waals surface area contributed by atoms with Crippen LogP contribution < -0.4 is 0 Å². The van der Waals surface area contributed by atoms with Crippen LogP contribution in [0.1, 0.15) is 25.3 Å². The number of carboxylic acid groups (broad SMARTS) is 1. The zero-order chi connectivity index (χ0) is 9.69. The van der Waals surface area contributed by atoms with E-state index in [0.717, 1.165) is 5.01 Å². The second kappa shape index (κ2) is 2.32. The van der Waals surface area contributed by atoms with Crippen molar-refractivity contribution in [2.45, 2.75) is 25.7 Å². The lowest BCUT2D eigenvalue weighted by Crippen LogP contribution is -2.25. The van der Waals surface area contributed by atoms with E-state index in [9.17, 15) is 9.90 Å². The number of thiazole rings is 1. The van der Waals surface area contributed by atoms with Crippen molar-refractivity contribution in [3.63, 3.8) is 0 Å². The van der Waals surface area contributed by atoms with Crippen LogP contribution in [0.2, 0.25) is 0 Å². The first kappa shape index (κ1) is 8.69. The number of nitrogens with zero attached hydrogens (tertiary/aromatic N) is 1. The van der Waals surface area contributed by atoms with Gasteiger partial charge < -0.3 is 5.11 Å². The molecule has 0 aliphatic heterocycles. The van der Waals surface area contributed by atoms with Crippen molar-refractivity contribution in [1.29, 1.82) is 0 Å². The Morgan fingerprint density at radius 2 is 2.31 bits per heavy atom. The number of aromatic nitrogens is 1. The summed E-state index contributed by atoms with van der Waals surface area (Å²) in [5.41, 5.74) is -0.849. The molecule has 0 amide bonds. The number of rotatable bonds is 2. The van der Waals surface area contributed by atoms with E-state index in [1.165, 1.54) is 11.3 Å². The molecule has 13 heavy (non-hydrogen) atoms. The summed E-state index contributed by atoms with van der Waals surface area (Å²) in [6.07, 6.45) is 2.36. The summed E-state index contributed by atoms with van der Waals surface area (Å²) in [7, 11) is 0. The highest BCUT2D eigenvalue weighted by molar-refractivity contribution is 7.09. The normalized spacial score (nSPS) is 30.0. The summed E-state index contributed by atoms with van der Waals surface area (Å²) in [4.78, 5) is 15.3. The van der Waals surface area contributed by atoms with Crippen molar-refractivity contribution in [2.24, 2.45) is 5.41 Å². The summed E-state index contributed by atoms with van der Waals surface area (Å²) >= 11 is 1.43. The van der Waals surface area contributed by atoms with Crippen LogP contribution in [0.25, 0.3) is 0 Å². The molecule has 0 aromatic carbocycles. The minimum Gasteiger partial charge on any atom is -0.480 e. The lowest BCUT2D eigenvalue weighted by atomic mass is 9.97. The van der Waals surface area contributed by atoms with Gasteiger partial charge in [0.2, 0.25) is 0 Å². The van der Waals surface area contributed by atoms with Crippen molar-refractivity contribution in [3.05, 3.63) is 16.6 Å². The van der Waals surface area contributed by atoms with E-state index >= 15 is 0 Å². The maximum atomic E-state index is 11.2. The monoisotopic (exact) mass is 197 g/mol. The molecule has 1 unspecified atom stereocenters. The summed E-state index contributed by atoms with van der Waals surface area (Å²) in [5, 5.41) is 11.7. The van der Waals surface area contributed by atoms with Gasteiger partial charge >= 0.3 is 5.97 Å². The maximum absolute atomic E-state index is 11.2. The third-order valence-electron chi connectivity index (χ3n) is 2.90. The second-order valence-corrected chi connectivity index (χ2v) is 5.00. The lowest BCUT2D eigenvalue weighted by molar-refractivity contribution is -0.141. The molecule has 0 radical (unpaired) electrons. The van der Waals surface area contributed by atoms with Gasteiger partial charge in [0.25, 0.3) is 0 Å². The number of hydrogen-bond acceptors (Lipinski definition) is 3. The smallest absolute Gasteiger partial charge is 0.317 e. The van der Waals surface area contributed by atoms with Crippen molar-refractivity contribution in [2.75, 3.05) is 0 Å². The van der Waals surface area contributed by atoms with E-state index in [4.69, 9.17) is 0 Å². The minimum atomic E-state index is -0.743. The van der Waals surface area contributed by atoms with Gasteiger partial charge in [-0.05, 0) is 11.8 Å². The Bertz CT molecular complexity index is 345. The molecular weight excluding hydrogens is 186 g/mol. The van der Waals surface area contributed by atoms with Gasteiger partial charge in [-0.25, -0.2) is 4.98 Å². The summed E-state index contributed by atoms with van der Waals surface area (Å²) in [6, 6.07) is 0. The first-order valence-corrected chi connectivity index (χ1v) is 5.02. The highest BCUT2D eigenvalue weighted by Gasteiger charge is 2.69. The largest absolute Gasteiger partial charge is 0.480 e. The predicted octanol–water partition coefficient (Wildman–Crippen LogP) is 1.90. The molecule has 0 saturated heterocycles. The van der Waals surface area contributed by atoms with Crippen LogP contribution in [0.15, 0.2) is 11.6 Å². The standard InChI is InChI=1S/C9H11NO2S/c1-8(2)5-9(8,7(11)12)6-10-3-4-13-6/h3-4H,5H2,1-2H3,(H,11,12). The van der Waals surface area contributed by atoms with Crippen molar-refractivity contribution in [1.82, 2.24) is 4.98 Å². The Labute approximate surface area is 80.4 Å². The van der Waals surface area contributed by atoms with Gasteiger partial charge in [0.1, 0.15) is 10.4 Å². The first-order chi connectivity index (χ1) is 6.01. The highest BCUT2D eigenvalue weighted by Crippen LogP contribution is 2.64. The van der Waals surface area contributed by atoms with Crippen LogP contribution in [0, 0.1) is 5.41 Å². The average Bonchev–Trinajstić information content (AvgIpc) is 2.52.